The summed E-state index contributed by atoms with van der Waals surface area (Å²) in [5.41, 5.74) is 6.24. The number of ether oxygens (including phenoxy) is 1. The van der Waals surface area contributed by atoms with Crippen LogP contribution in [0, 0.1) is 5.92 Å². The van der Waals surface area contributed by atoms with E-state index in [0.717, 1.165) is 24.3 Å². The molecule has 1 aliphatic rings. The minimum Gasteiger partial charge on any atom is -0.497 e. The molecule has 0 spiro atoms. The van der Waals surface area contributed by atoms with Crippen LogP contribution in [0.1, 0.15) is 12.8 Å². The van der Waals surface area contributed by atoms with E-state index in [1.54, 1.807) is 12.0 Å². The summed E-state index contributed by atoms with van der Waals surface area (Å²) in [5.74, 6) is 0.463. The van der Waals surface area contributed by atoms with E-state index in [4.69, 9.17) is 10.5 Å². The van der Waals surface area contributed by atoms with Crippen LogP contribution in [0.25, 0.3) is 0 Å². The number of carbonyl (C=O) groups is 2. The standard InChI is InChI=1S/C17H21N5O3S2/c1-25-13-6-4-12(5-7-13)19-16-20-21-17(27-16)26-10-14(23)22-8-2-3-11(9-22)15(18)24/h4-7,11H,2-3,8-10H2,1H3,(H2,18,24)(H,19,20)/t11-/m1/s1. The molecule has 8 nitrogen and oxygen atoms in total. The molecule has 0 aliphatic carbocycles. The molecule has 2 heterocycles. The summed E-state index contributed by atoms with van der Waals surface area (Å²) in [6.45, 7) is 1.08. The molecule has 0 radical (unpaired) electrons. The Kier molecular flexibility index (Phi) is 6.51. The molecule has 3 N–H and O–H groups in total. The SMILES string of the molecule is COc1ccc(Nc2nnc(SCC(=O)N3CCC[C@@H](C(N)=O)C3)s2)cc1. The van der Waals surface area contributed by atoms with Crippen LogP contribution < -0.4 is 15.8 Å². The number of nitrogens with two attached hydrogens (primary N) is 1. The predicted molar refractivity (Wildman–Crippen MR) is 105 cm³/mol. The van der Waals surface area contributed by atoms with Crippen molar-refractivity contribution >= 4 is 45.7 Å². The highest BCUT2D eigenvalue weighted by Crippen LogP contribution is 2.29. The van der Waals surface area contributed by atoms with E-state index in [2.05, 4.69) is 15.5 Å². The number of carbonyl (C=O) groups excluding carboxylic acids is 2. The van der Waals surface area contributed by atoms with Crippen LogP contribution in [-0.4, -0.2) is 52.9 Å². The largest absolute Gasteiger partial charge is 0.497 e. The zero-order chi connectivity index (χ0) is 19.2. The van der Waals surface area contributed by atoms with Crippen molar-refractivity contribution < 1.29 is 14.3 Å². The maximum atomic E-state index is 12.4. The van der Waals surface area contributed by atoms with Crippen molar-refractivity contribution in [1.82, 2.24) is 15.1 Å². The van der Waals surface area contributed by atoms with Crippen LogP contribution in [0.5, 0.6) is 5.75 Å². The number of rotatable bonds is 7. The lowest BCUT2D eigenvalue weighted by Gasteiger charge is -2.31. The van der Waals surface area contributed by atoms with E-state index in [9.17, 15) is 9.59 Å². The highest BCUT2D eigenvalue weighted by Gasteiger charge is 2.27. The number of likely N-dealkylation sites (tertiary alicyclic amines) is 1. The maximum absolute atomic E-state index is 12.4. The summed E-state index contributed by atoms with van der Waals surface area (Å²) in [5, 5.41) is 12.0. The highest BCUT2D eigenvalue weighted by atomic mass is 32.2. The van der Waals surface area contributed by atoms with Gasteiger partial charge in [0.25, 0.3) is 0 Å². The summed E-state index contributed by atoms with van der Waals surface area (Å²) in [6.07, 6.45) is 1.56. The molecule has 0 saturated carbocycles. The van der Waals surface area contributed by atoms with Crippen LogP contribution in [0.2, 0.25) is 0 Å². The van der Waals surface area contributed by atoms with E-state index in [1.807, 2.05) is 24.3 Å². The normalized spacial score (nSPS) is 16.8. The van der Waals surface area contributed by atoms with Gasteiger partial charge in [-0.1, -0.05) is 23.1 Å². The van der Waals surface area contributed by atoms with Gasteiger partial charge in [0.2, 0.25) is 16.9 Å². The zero-order valence-electron chi connectivity index (χ0n) is 14.9. The Balaban J connectivity index is 1.50. The second-order valence-electron chi connectivity index (χ2n) is 6.10. The smallest absolute Gasteiger partial charge is 0.233 e. The average molecular weight is 408 g/mol. The molecule has 0 unspecified atom stereocenters. The summed E-state index contributed by atoms with van der Waals surface area (Å²) < 4.78 is 5.84. The number of hydrogen-bond acceptors (Lipinski definition) is 8. The third-order valence-corrected chi connectivity index (χ3v) is 6.20. The fourth-order valence-corrected chi connectivity index (χ4v) is 4.44. The number of anilines is 2. The van der Waals surface area contributed by atoms with Gasteiger partial charge in [0, 0.05) is 18.8 Å². The molecule has 0 bridgehead atoms. The van der Waals surface area contributed by atoms with Crippen molar-refractivity contribution in [2.24, 2.45) is 11.7 Å². The Morgan fingerprint density at radius 1 is 1.37 bits per heavy atom. The van der Waals surface area contributed by atoms with E-state index < -0.39 is 0 Å². The highest BCUT2D eigenvalue weighted by molar-refractivity contribution is 8.01. The Bertz CT molecular complexity index is 796. The van der Waals surface area contributed by atoms with Gasteiger partial charge in [-0.2, -0.15) is 0 Å². The minimum absolute atomic E-state index is 0.00851. The Morgan fingerprint density at radius 2 is 2.15 bits per heavy atom. The van der Waals surface area contributed by atoms with Gasteiger partial charge in [0.05, 0.1) is 18.8 Å². The summed E-state index contributed by atoms with van der Waals surface area (Å²) in [4.78, 5) is 25.4. The second kappa shape index (κ2) is 9.05. The number of benzene rings is 1. The van der Waals surface area contributed by atoms with E-state index in [1.165, 1.54) is 23.1 Å². The Morgan fingerprint density at radius 3 is 2.85 bits per heavy atom. The van der Waals surface area contributed by atoms with Crippen molar-refractivity contribution in [3.63, 3.8) is 0 Å². The number of nitrogens with one attached hydrogen (secondary N) is 1. The molecule has 1 fully saturated rings. The van der Waals surface area contributed by atoms with Gasteiger partial charge in [-0.3, -0.25) is 9.59 Å². The fraction of sp³-hybridized carbons (Fsp3) is 0.412. The maximum Gasteiger partial charge on any atom is 0.233 e. The van der Waals surface area contributed by atoms with Crippen molar-refractivity contribution in [1.29, 1.82) is 0 Å². The number of methoxy groups -OCH3 is 1. The van der Waals surface area contributed by atoms with Gasteiger partial charge in [-0.05, 0) is 37.1 Å². The first kappa shape index (κ1) is 19.4. The quantitative estimate of drug-likeness (QED) is 0.676. The van der Waals surface area contributed by atoms with Gasteiger partial charge >= 0.3 is 0 Å². The zero-order valence-corrected chi connectivity index (χ0v) is 16.5. The molecule has 3 rings (SSSR count). The third-order valence-electron chi connectivity index (χ3n) is 4.24. The summed E-state index contributed by atoms with van der Waals surface area (Å²) >= 11 is 2.73. The second-order valence-corrected chi connectivity index (χ2v) is 8.30. The van der Waals surface area contributed by atoms with E-state index >= 15 is 0 Å². The molecule has 1 aromatic heterocycles. The van der Waals surface area contributed by atoms with Crippen LogP contribution in [0.4, 0.5) is 10.8 Å². The minimum atomic E-state index is -0.335. The van der Waals surface area contributed by atoms with Crippen molar-refractivity contribution in [2.45, 2.75) is 17.2 Å². The van der Waals surface area contributed by atoms with Crippen molar-refractivity contribution in [3.05, 3.63) is 24.3 Å². The monoisotopic (exact) mass is 407 g/mol. The Labute approximate surface area is 165 Å². The first-order chi connectivity index (χ1) is 13.0. The van der Waals surface area contributed by atoms with Crippen LogP contribution >= 0.6 is 23.1 Å². The van der Waals surface area contributed by atoms with Crippen LogP contribution in [0.15, 0.2) is 28.6 Å². The molecule has 1 atom stereocenters. The van der Waals surface area contributed by atoms with Gasteiger partial charge < -0.3 is 20.7 Å². The van der Waals surface area contributed by atoms with E-state index in [-0.39, 0.29) is 23.5 Å². The van der Waals surface area contributed by atoms with Crippen molar-refractivity contribution in [3.8, 4) is 5.75 Å². The number of nitrogens with zero attached hydrogens (tertiary/aromatic N) is 3. The molecule has 1 saturated heterocycles. The van der Waals surface area contributed by atoms with E-state index in [0.29, 0.717) is 22.6 Å². The number of amides is 2. The Hall–Kier alpha value is -2.33. The van der Waals surface area contributed by atoms with Gasteiger partial charge in [-0.15, -0.1) is 10.2 Å². The number of thioether (sulfide) groups is 1. The summed E-state index contributed by atoms with van der Waals surface area (Å²) in [7, 11) is 1.62. The van der Waals surface area contributed by atoms with Crippen molar-refractivity contribution in [2.75, 3.05) is 31.3 Å². The van der Waals surface area contributed by atoms with Gasteiger partial charge in [0.1, 0.15) is 5.75 Å². The summed E-state index contributed by atoms with van der Waals surface area (Å²) in [6, 6.07) is 7.50. The topological polar surface area (TPSA) is 110 Å². The lowest BCUT2D eigenvalue weighted by molar-refractivity contribution is -0.132. The lowest BCUT2D eigenvalue weighted by atomic mass is 9.97. The molecule has 1 aromatic carbocycles. The first-order valence-corrected chi connectivity index (χ1v) is 10.3. The molecule has 2 aromatic rings. The first-order valence-electron chi connectivity index (χ1n) is 8.49. The molecular formula is C17H21N5O3S2. The molecule has 27 heavy (non-hydrogen) atoms. The van der Waals surface area contributed by atoms with Gasteiger partial charge in [0.15, 0.2) is 4.34 Å². The molecule has 10 heteroatoms. The number of aromatic nitrogens is 2. The third kappa shape index (κ3) is 5.33. The number of hydrogen-bond donors (Lipinski definition) is 2. The predicted octanol–water partition coefficient (Wildman–Crippen LogP) is 2.11. The number of piperidine rings is 1. The molecule has 2 amide bonds. The molecule has 144 valence electrons. The molecule has 1 aliphatic heterocycles. The van der Waals surface area contributed by atoms with Gasteiger partial charge in [-0.25, -0.2) is 0 Å². The molecular weight excluding hydrogens is 386 g/mol. The average Bonchev–Trinajstić information content (AvgIpc) is 3.14. The number of primary amides is 1. The fourth-order valence-electron chi connectivity index (χ4n) is 2.77. The lowest BCUT2D eigenvalue weighted by Crippen LogP contribution is -2.44. The van der Waals surface area contributed by atoms with Crippen LogP contribution in [-0.2, 0) is 9.59 Å². The van der Waals surface area contributed by atoms with Crippen LogP contribution in [0.3, 0.4) is 0 Å².